The van der Waals surface area contributed by atoms with Crippen molar-refractivity contribution >= 4 is 57.6 Å². The summed E-state index contributed by atoms with van der Waals surface area (Å²) in [5.41, 5.74) is -0.440. The van der Waals surface area contributed by atoms with Crippen molar-refractivity contribution in [2.24, 2.45) is 7.05 Å². The number of aromatic nitrogens is 1. The number of benzene rings is 4. The van der Waals surface area contributed by atoms with E-state index in [-0.39, 0.29) is 33.0 Å². The van der Waals surface area contributed by atoms with Crippen LogP contribution in [0.15, 0.2) is 108 Å². The first-order valence-corrected chi connectivity index (χ1v) is 12.8. The second-order valence-electron chi connectivity index (χ2n) is 8.75. The number of halogens is 2. The Morgan fingerprint density at radius 2 is 1.32 bits per heavy atom. The summed E-state index contributed by atoms with van der Waals surface area (Å²) in [7, 11) is 1.46. The standard InChI is InChI=1S/C31H20Cl2N2O5/c1-34-24-14-8-13-23(33)25(24)27(40-31(39)20-11-6-3-7-12-20)26(29(34)37)30(38)35(22-17-15-21(32)16-18-22)28(36)19-9-4-2-5-10-19/h2-18H,1H3. The topological polar surface area (TPSA) is 85.7 Å². The van der Waals surface area contributed by atoms with Gasteiger partial charge >= 0.3 is 5.97 Å². The van der Waals surface area contributed by atoms with E-state index in [1.54, 1.807) is 66.7 Å². The van der Waals surface area contributed by atoms with Gasteiger partial charge < -0.3 is 9.30 Å². The van der Waals surface area contributed by atoms with E-state index >= 15 is 0 Å². The van der Waals surface area contributed by atoms with Crippen molar-refractivity contribution in [2.45, 2.75) is 0 Å². The molecule has 0 spiro atoms. The lowest BCUT2D eigenvalue weighted by Gasteiger charge is -2.23. The highest BCUT2D eigenvalue weighted by Gasteiger charge is 2.33. The number of imide groups is 1. The van der Waals surface area contributed by atoms with Gasteiger partial charge in [-0.3, -0.25) is 14.4 Å². The SMILES string of the molecule is Cn1c(=O)c(C(=O)N(C(=O)c2ccccc2)c2ccc(Cl)cc2)c(OC(=O)c2ccccc2)c2c(Cl)cccc21. The van der Waals surface area contributed by atoms with Crippen LogP contribution in [-0.2, 0) is 7.05 Å². The van der Waals surface area contributed by atoms with E-state index in [1.165, 1.54) is 48.0 Å². The zero-order valence-corrected chi connectivity index (χ0v) is 22.5. The lowest BCUT2D eigenvalue weighted by molar-refractivity contribution is 0.0734. The van der Waals surface area contributed by atoms with Crippen LogP contribution in [0.4, 0.5) is 5.69 Å². The van der Waals surface area contributed by atoms with Gasteiger partial charge in [0, 0.05) is 17.6 Å². The van der Waals surface area contributed by atoms with Gasteiger partial charge in [-0.1, -0.05) is 65.7 Å². The second kappa shape index (κ2) is 11.2. The number of anilines is 1. The molecule has 0 saturated carbocycles. The van der Waals surface area contributed by atoms with Crippen molar-refractivity contribution < 1.29 is 19.1 Å². The normalized spacial score (nSPS) is 10.8. The first-order valence-electron chi connectivity index (χ1n) is 12.1. The number of carbonyl (C=O) groups is 3. The average molecular weight is 571 g/mol. The number of aryl methyl sites for hydroxylation is 1. The third-order valence-electron chi connectivity index (χ3n) is 6.26. The number of esters is 1. The molecular weight excluding hydrogens is 551 g/mol. The summed E-state index contributed by atoms with van der Waals surface area (Å²) >= 11 is 12.6. The summed E-state index contributed by atoms with van der Waals surface area (Å²) in [4.78, 5) is 55.9. The smallest absolute Gasteiger partial charge is 0.343 e. The number of carbonyl (C=O) groups excluding carboxylic acids is 3. The quantitative estimate of drug-likeness (QED) is 0.176. The third-order valence-corrected chi connectivity index (χ3v) is 6.82. The molecule has 7 nitrogen and oxygen atoms in total. The Morgan fingerprint density at radius 1 is 0.725 bits per heavy atom. The molecule has 0 aliphatic rings. The minimum absolute atomic E-state index is 0.144. The zero-order chi connectivity index (χ0) is 28.4. The number of pyridine rings is 1. The minimum Gasteiger partial charge on any atom is -0.421 e. The van der Waals surface area contributed by atoms with Gasteiger partial charge in [-0.25, -0.2) is 9.69 Å². The van der Waals surface area contributed by atoms with Crippen LogP contribution in [-0.4, -0.2) is 22.4 Å². The molecule has 0 unspecified atom stereocenters. The Labute approximate surface area is 238 Å². The van der Waals surface area contributed by atoms with Gasteiger partial charge in [-0.2, -0.15) is 0 Å². The molecule has 0 atom stereocenters. The van der Waals surface area contributed by atoms with Gasteiger partial charge in [-0.05, 0) is 60.7 Å². The Balaban J connectivity index is 1.77. The Hall–Kier alpha value is -4.72. The predicted molar refractivity (Wildman–Crippen MR) is 155 cm³/mol. The number of rotatable bonds is 5. The summed E-state index contributed by atoms with van der Waals surface area (Å²) in [6.45, 7) is 0. The van der Waals surface area contributed by atoms with E-state index in [4.69, 9.17) is 27.9 Å². The van der Waals surface area contributed by atoms with Crippen LogP contribution in [0.25, 0.3) is 10.9 Å². The molecule has 0 radical (unpaired) electrons. The summed E-state index contributed by atoms with van der Waals surface area (Å²) in [6, 6.07) is 27.0. The van der Waals surface area contributed by atoms with E-state index in [2.05, 4.69) is 0 Å². The fourth-order valence-corrected chi connectivity index (χ4v) is 4.65. The highest BCUT2D eigenvalue weighted by atomic mass is 35.5. The Kier molecular flexibility index (Phi) is 7.51. The van der Waals surface area contributed by atoms with E-state index in [0.717, 1.165) is 4.90 Å². The minimum atomic E-state index is -1.01. The second-order valence-corrected chi connectivity index (χ2v) is 9.59. The number of ether oxygens (including phenoxy) is 1. The van der Waals surface area contributed by atoms with Crippen LogP contribution < -0.4 is 15.2 Å². The lowest BCUT2D eigenvalue weighted by Crippen LogP contribution is -2.41. The highest BCUT2D eigenvalue weighted by molar-refractivity contribution is 6.37. The summed E-state index contributed by atoms with van der Waals surface area (Å²) in [5.74, 6) is -2.86. The van der Waals surface area contributed by atoms with E-state index in [1.807, 2.05) is 0 Å². The summed E-state index contributed by atoms with van der Waals surface area (Å²) < 4.78 is 6.98. The largest absolute Gasteiger partial charge is 0.421 e. The molecule has 0 bridgehead atoms. The molecule has 5 aromatic rings. The molecule has 5 rings (SSSR count). The molecule has 198 valence electrons. The summed E-state index contributed by atoms with van der Waals surface area (Å²) in [6.07, 6.45) is 0. The van der Waals surface area contributed by atoms with Crippen LogP contribution in [0, 0.1) is 0 Å². The molecule has 1 heterocycles. The Bertz CT molecular complexity index is 1820. The van der Waals surface area contributed by atoms with Crippen molar-refractivity contribution in [3.05, 3.63) is 140 Å². The molecule has 0 aliphatic heterocycles. The van der Waals surface area contributed by atoms with Gasteiger partial charge in [0.1, 0.15) is 5.56 Å². The van der Waals surface area contributed by atoms with Crippen molar-refractivity contribution in [1.82, 2.24) is 4.57 Å². The molecule has 40 heavy (non-hydrogen) atoms. The number of hydrogen-bond acceptors (Lipinski definition) is 5. The zero-order valence-electron chi connectivity index (χ0n) is 21.0. The number of fused-ring (bicyclic) bond motifs is 1. The summed E-state index contributed by atoms with van der Waals surface area (Å²) in [5, 5.41) is 0.696. The van der Waals surface area contributed by atoms with Crippen molar-refractivity contribution in [3.63, 3.8) is 0 Å². The fraction of sp³-hybridized carbons (Fsp3) is 0.0323. The van der Waals surface area contributed by atoms with Crippen LogP contribution in [0.1, 0.15) is 31.1 Å². The van der Waals surface area contributed by atoms with Crippen molar-refractivity contribution in [3.8, 4) is 5.75 Å². The number of hydrogen-bond donors (Lipinski definition) is 0. The fourth-order valence-electron chi connectivity index (χ4n) is 4.27. The van der Waals surface area contributed by atoms with Gasteiger partial charge in [0.25, 0.3) is 17.4 Å². The van der Waals surface area contributed by atoms with Crippen LogP contribution in [0.5, 0.6) is 5.75 Å². The van der Waals surface area contributed by atoms with Gasteiger partial charge in [0.05, 0.1) is 27.2 Å². The van der Waals surface area contributed by atoms with Crippen LogP contribution in [0.2, 0.25) is 10.0 Å². The maximum Gasteiger partial charge on any atom is 0.343 e. The van der Waals surface area contributed by atoms with Crippen LogP contribution >= 0.6 is 23.2 Å². The molecule has 1 aromatic heterocycles. The molecule has 2 amide bonds. The highest BCUT2D eigenvalue weighted by Crippen LogP contribution is 2.35. The third kappa shape index (κ3) is 5.00. The van der Waals surface area contributed by atoms with Gasteiger partial charge in [-0.15, -0.1) is 0 Å². The molecule has 0 aliphatic carbocycles. The predicted octanol–water partition coefficient (Wildman–Crippen LogP) is 6.55. The van der Waals surface area contributed by atoms with Gasteiger partial charge in [0.2, 0.25) is 0 Å². The lowest BCUT2D eigenvalue weighted by atomic mass is 10.1. The molecule has 0 saturated heterocycles. The number of nitrogens with zero attached hydrogens (tertiary/aromatic N) is 2. The van der Waals surface area contributed by atoms with E-state index in [9.17, 15) is 19.2 Å². The number of amides is 2. The van der Waals surface area contributed by atoms with E-state index in [0.29, 0.717) is 10.5 Å². The van der Waals surface area contributed by atoms with Crippen molar-refractivity contribution in [2.75, 3.05) is 4.90 Å². The molecule has 0 N–H and O–H groups in total. The van der Waals surface area contributed by atoms with Crippen molar-refractivity contribution in [1.29, 1.82) is 0 Å². The Morgan fingerprint density at radius 3 is 1.95 bits per heavy atom. The van der Waals surface area contributed by atoms with E-state index < -0.39 is 28.9 Å². The average Bonchev–Trinajstić information content (AvgIpc) is 2.97. The molecule has 0 fully saturated rings. The molecular formula is C31H20Cl2N2O5. The monoisotopic (exact) mass is 570 g/mol. The molecule has 9 heteroatoms. The maximum atomic E-state index is 14.3. The first-order chi connectivity index (χ1) is 19.3. The van der Waals surface area contributed by atoms with Crippen LogP contribution in [0.3, 0.4) is 0 Å². The maximum absolute atomic E-state index is 14.3. The first kappa shape index (κ1) is 26.9. The molecule has 4 aromatic carbocycles. The van der Waals surface area contributed by atoms with Gasteiger partial charge in [0.15, 0.2) is 5.75 Å².